The monoisotopic (exact) mass is 449 g/mol. The van der Waals surface area contributed by atoms with Crippen LogP contribution in [0.15, 0.2) is 42.7 Å². The zero-order valence-electron chi connectivity index (χ0n) is 19.3. The summed E-state index contributed by atoms with van der Waals surface area (Å²) in [4.78, 5) is 48.7. The number of carbonyl (C=O) groups excluding carboxylic acids is 3. The molecule has 1 atom stereocenters. The van der Waals surface area contributed by atoms with Gasteiger partial charge in [0, 0.05) is 44.1 Å². The molecular formula is C25H31N5O3. The third-order valence-electron chi connectivity index (χ3n) is 6.44. The number of fused-ring (bicyclic) bond motifs is 3. The molecule has 0 spiro atoms. The molecule has 1 unspecified atom stereocenters. The highest BCUT2D eigenvalue weighted by Gasteiger charge is 2.40. The summed E-state index contributed by atoms with van der Waals surface area (Å²) in [5.74, 6) is -0.397. The van der Waals surface area contributed by atoms with Gasteiger partial charge in [-0.25, -0.2) is 0 Å². The molecular weight excluding hydrogens is 418 g/mol. The van der Waals surface area contributed by atoms with Crippen LogP contribution in [-0.2, 0) is 16.1 Å². The van der Waals surface area contributed by atoms with Crippen LogP contribution in [0, 0.1) is 0 Å². The molecule has 174 valence electrons. The Bertz CT molecular complexity index is 1020. The molecule has 4 rings (SSSR count). The van der Waals surface area contributed by atoms with Crippen LogP contribution in [0.3, 0.4) is 0 Å². The molecule has 8 nitrogen and oxygen atoms in total. The minimum Gasteiger partial charge on any atom is -0.358 e. The number of aromatic nitrogens is 1. The molecule has 3 heterocycles. The first-order valence-corrected chi connectivity index (χ1v) is 11.7. The summed E-state index contributed by atoms with van der Waals surface area (Å²) in [6, 6.07) is 8.98. The van der Waals surface area contributed by atoms with E-state index in [2.05, 4.69) is 15.2 Å². The van der Waals surface area contributed by atoms with Crippen LogP contribution in [0.4, 0.5) is 11.4 Å². The van der Waals surface area contributed by atoms with E-state index in [4.69, 9.17) is 0 Å². The lowest BCUT2D eigenvalue weighted by atomic mass is 9.95. The van der Waals surface area contributed by atoms with Crippen molar-refractivity contribution in [3.05, 3.63) is 53.9 Å². The molecule has 0 saturated carbocycles. The summed E-state index contributed by atoms with van der Waals surface area (Å²) in [6.45, 7) is 6.17. The van der Waals surface area contributed by atoms with E-state index in [-0.39, 0.29) is 30.3 Å². The average molecular weight is 450 g/mol. The summed E-state index contributed by atoms with van der Waals surface area (Å²) in [5.41, 5.74) is 2.96. The Labute approximate surface area is 194 Å². The van der Waals surface area contributed by atoms with E-state index in [0.29, 0.717) is 30.9 Å². The molecule has 0 bridgehead atoms. The maximum atomic E-state index is 13.5. The molecule has 8 heteroatoms. The fraction of sp³-hybridized carbons (Fsp3) is 0.440. The third kappa shape index (κ3) is 4.69. The highest BCUT2D eigenvalue weighted by Crippen LogP contribution is 2.40. The fourth-order valence-electron chi connectivity index (χ4n) is 4.65. The number of benzene rings is 1. The van der Waals surface area contributed by atoms with E-state index >= 15 is 0 Å². The van der Waals surface area contributed by atoms with Crippen LogP contribution in [-0.4, -0.2) is 59.8 Å². The van der Waals surface area contributed by atoms with E-state index in [1.807, 2.05) is 38.1 Å². The van der Waals surface area contributed by atoms with Crippen molar-refractivity contribution < 1.29 is 14.4 Å². The Hall–Kier alpha value is -3.42. The molecule has 2 aromatic rings. The maximum Gasteiger partial charge on any atom is 0.253 e. The smallest absolute Gasteiger partial charge is 0.253 e. The Morgan fingerprint density at radius 2 is 1.97 bits per heavy atom. The zero-order valence-corrected chi connectivity index (χ0v) is 19.3. The number of anilines is 2. The summed E-state index contributed by atoms with van der Waals surface area (Å²) >= 11 is 0. The molecule has 33 heavy (non-hydrogen) atoms. The number of nitrogens with zero attached hydrogens (tertiary/aromatic N) is 4. The summed E-state index contributed by atoms with van der Waals surface area (Å²) in [7, 11) is 0. The molecule has 2 aliphatic rings. The van der Waals surface area contributed by atoms with E-state index in [0.717, 1.165) is 37.1 Å². The number of carbonyl (C=O) groups is 3. The van der Waals surface area contributed by atoms with E-state index in [1.165, 1.54) is 0 Å². The van der Waals surface area contributed by atoms with Crippen LogP contribution in [0.1, 0.15) is 49.0 Å². The van der Waals surface area contributed by atoms with Gasteiger partial charge in [-0.15, -0.1) is 0 Å². The molecule has 2 aliphatic heterocycles. The van der Waals surface area contributed by atoms with Crippen molar-refractivity contribution in [2.24, 2.45) is 0 Å². The first kappa shape index (κ1) is 22.8. The van der Waals surface area contributed by atoms with E-state index in [9.17, 15) is 14.4 Å². The summed E-state index contributed by atoms with van der Waals surface area (Å²) in [5, 5.41) is 2.88. The lowest BCUT2D eigenvalue weighted by Crippen LogP contribution is -2.57. The lowest BCUT2D eigenvalue weighted by molar-refractivity contribution is -0.125. The SMILES string of the molecule is CCN(CC)C(=O)c1ccc2c(c1)N(CC(=O)NCc1cccnc1)C(=O)C1CCCCN21. The second kappa shape index (κ2) is 10.0. The third-order valence-corrected chi connectivity index (χ3v) is 6.44. The van der Waals surface area contributed by atoms with Gasteiger partial charge in [-0.1, -0.05) is 6.07 Å². The largest absolute Gasteiger partial charge is 0.358 e. The normalized spacial score (nSPS) is 17.3. The number of hydrogen-bond acceptors (Lipinski definition) is 5. The van der Waals surface area contributed by atoms with Crippen LogP contribution in [0.2, 0.25) is 0 Å². The van der Waals surface area contributed by atoms with Gasteiger partial charge in [0.15, 0.2) is 0 Å². The number of pyridine rings is 1. The van der Waals surface area contributed by atoms with Crippen LogP contribution < -0.4 is 15.1 Å². The highest BCUT2D eigenvalue weighted by molar-refractivity contribution is 6.09. The van der Waals surface area contributed by atoms with Gasteiger partial charge in [-0.3, -0.25) is 24.3 Å². The van der Waals surface area contributed by atoms with Crippen molar-refractivity contribution in [2.75, 3.05) is 36.0 Å². The van der Waals surface area contributed by atoms with Crippen LogP contribution in [0.5, 0.6) is 0 Å². The summed E-state index contributed by atoms with van der Waals surface area (Å²) < 4.78 is 0. The topological polar surface area (TPSA) is 85.9 Å². The van der Waals surface area contributed by atoms with Gasteiger partial charge in [-0.05, 0) is 62.9 Å². The number of amides is 3. The van der Waals surface area contributed by atoms with E-state index in [1.54, 1.807) is 28.3 Å². The van der Waals surface area contributed by atoms with Crippen molar-refractivity contribution in [3.8, 4) is 0 Å². The first-order chi connectivity index (χ1) is 16.0. The van der Waals surface area contributed by atoms with Gasteiger partial charge in [0.1, 0.15) is 12.6 Å². The minimum atomic E-state index is -0.262. The van der Waals surface area contributed by atoms with Gasteiger partial charge in [0.2, 0.25) is 11.8 Å². The molecule has 1 fully saturated rings. The molecule has 1 aromatic heterocycles. The van der Waals surface area contributed by atoms with Crippen molar-refractivity contribution in [1.82, 2.24) is 15.2 Å². The average Bonchev–Trinajstić information content (AvgIpc) is 2.86. The van der Waals surface area contributed by atoms with Crippen molar-refractivity contribution in [3.63, 3.8) is 0 Å². The Morgan fingerprint density at radius 3 is 2.70 bits per heavy atom. The Balaban J connectivity index is 1.61. The number of rotatable bonds is 7. The zero-order chi connectivity index (χ0) is 23.4. The van der Waals surface area contributed by atoms with E-state index < -0.39 is 0 Å². The lowest BCUT2D eigenvalue weighted by Gasteiger charge is -2.45. The second-order valence-corrected chi connectivity index (χ2v) is 8.45. The number of piperidine rings is 1. The molecule has 1 N–H and O–H groups in total. The highest BCUT2D eigenvalue weighted by atomic mass is 16.2. The van der Waals surface area contributed by atoms with Gasteiger partial charge in [0.05, 0.1) is 11.4 Å². The van der Waals surface area contributed by atoms with Gasteiger partial charge in [0.25, 0.3) is 5.91 Å². The predicted molar refractivity (Wildman–Crippen MR) is 127 cm³/mol. The molecule has 1 aromatic carbocycles. The molecule has 0 aliphatic carbocycles. The predicted octanol–water partition coefficient (Wildman–Crippen LogP) is 2.59. The standard InChI is InChI=1S/C25H31N5O3/c1-3-28(4-2)24(32)19-10-11-20-22(14-19)30(25(33)21-9-5-6-13-29(20)21)17-23(31)27-16-18-8-7-12-26-15-18/h7-8,10-12,14-15,21H,3-6,9,13,16-17H2,1-2H3,(H,27,31). The summed E-state index contributed by atoms with van der Waals surface area (Å²) in [6.07, 6.45) is 6.16. The Kier molecular flexibility index (Phi) is 6.91. The van der Waals surface area contributed by atoms with Crippen LogP contribution >= 0.6 is 0 Å². The van der Waals surface area contributed by atoms with Crippen molar-refractivity contribution in [2.45, 2.75) is 45.7 Å². The fourth-order valence-corrected chi connectivity index (χ4v) is 4.65. The molecule has 3 amide bonds. The van der Waals surface area contributed by atoms with Gasteiger partial charge in [-0.2, -0.15) is 0 Å². The van der Waals surface area contributed by atoms with Crippen LogP contribution in [0.25, 0.3) is 0 Å². The van der Waals surface area contributed by atoms with Gasteiger partial charge < -0.3 is 15.1 Å². The number of nitrogens with one attached hydrogen (secondary N) is 1. The minimum absolute atomic E-state index is 0.0722. The number of hydrogen-bond donors (Lipinski definition) is 1. The molecule has 0 radical (unpaired) electrons. The Morgan fingerprint density at radius 1 is 1.15 bits per heavy atom. The molecule has 1 saturated heterocycles. The quantitative estimate of drug-likeness (QED) is 0.702. The maximum absolute atomic E-state index is 13.5. The second-order valence-electron chi connectivity index (χ2n) is 8.45. The van der Waals surface area contributed by atoms with Gasteiger partial charge >= 0.3 is 0 Å². The first-order valence-electron chi connectivity index (χ1n) is 11.7. The van der Waals surface area contributed by atoms with Crippen molar-refractivity contribution >= 4 is 29.1 Å². The van der Waals surface area contributed by atoms with Crippen molar-refractivity contribution in [1.29, 1.82) is 0 Å².